The SMILES string of the molecule is CCC(C)(CC(C)(C)C(=O)OC1CC(=O)OC1(C)C)C(=O)OC12CC3CC(O)(C1)CC(C(=O)OC(C)(C)C)(C3)C2. The van der Waals surface area contributed by atoms with Crippen molar-refractivity contribution in [3.8, 4) is 0 Å². The van der Waals surface area contributed by atoms with Gasteiger partial charge >= 0.3 is 23.9 Å². The summed E-state index contributed by atoms with van der Waals surface area (Å²) in [5, 5.41) is 11.5. The highest BCUT2D eigenvalue weighted by atomic mass is 16.6. The van der Waals surface area contributed by atoms with Gasteiger partial charge in [-0.2, -0.15) is 0 Å². The van der Waals surface area contributed by atoms with Gasteiger partial charge in [0.1, 0.15) is 16.8 Å². The van der Waals surface area contributed by atoms with Gasteiger partial charge < -0.3 is 24.1 Å². The van der Waals surface area contributed by atoms with Crippen LogP contribution in [0.5, 0.6) is 0 Å². The molecule has 5 rings (SSSR count). The van der Waals surface area contributed by atoms with Gasteiger partial charge in [0.05, 0.1) is 28.3 Å². The third-order valence-electron chi connectivity index (χ3n) is 9.54. The third kappa shape index (κ3) is 5.77. The fourth-order valence-corrected chi connectivity index (χ4v) is 8.01. The number of cyclic esters (lactones) is 1. The Kier molecular flexibility index (Phi) is 7.26. The van der Waals surface area contributed by atoms with Gasteiger partial charge in [0.15, 0.2) is 6.10 Å². The molecule has 5 aliphatic rings. The smallest absolute Gasteiger partial charge is 0.312 e. The first-order chi connectivity index (χ1) is 18.1. The summed E-state index contributed by atoms with van der Waals surface area (Å²) in [5.74, 6) is -1.64. The second-order valence-corrected chi connectivity index (χ2v) is 15.7. The van der Waals surface area contributed by atoms with Crippen LogP contribution in [-0.2, 0) is 38.1 Å². The minimum absolute atomic E-state index is 0.00605. The standard InChI is InChI=1S/C31H48O9/c1-10-28(9,15-26(5,6)22(33)37-20-11-21(32)38-27(20,7)8)23(34)40-31-14-19-12-29(17-31,16-30(36,13-19)18-31)24(35)39-25(2,3)4/h19-20,36H,10-18H2,1-9H3. The Morgan fingerprint density at radius 2 is 1.62 bits per heavy atom. The number of carbonyl (C=O) groups excluding carboxylic acids is 4. The fourth-order valence-electron chi connectivity index (χ4n) is 8.01. The fraction of sp³-hybridized carbons (Fsp3) is 0.871. The van der Waals surface area contributed by atoms with Gasteiger partial charge in [0.2, 0.25) is 0 Å². The number of ether oxygens (including phenoxy) is 4. The molecule has 6 unspecified atom stereocenters. The summed E-state index contributed by atoms with van der Waals surface area (Å²) < 4.78 is 23.2. The first-order valence-electron chi connectivity index (χ1n) is 14.7. The minimum Gasteiger partial charge on any atom is -0.460 e. The van der Waals surface area contributed by atoms with Gasteiger partial charge in [0, 0.05) is 12.8 Å². The largest absolute Gasteiger partial charge is 0.460 e. The van der Waals surface area contributed by atoms with Gasteiger partial charge in [-0.3, -0.25) is 19.2 Å². The van der Waals surface area contributed by atoms with Gasteiger partial charge in [0.25, 0.3) is 0 Å². The molecule has 226 valence electrons. The van der Waals surface area contributed by atoms with Crippen molar-refractivity contribution in [2.24, 2.45) is 22.2 Å². The highest BCUT2D eigenvalue weighted by molar-refractivity contribution is 5.82. The van der Waals surface area contributed by atoms with Crippen molar-refractivity contribution in [1.82, 2.24) is 0 Å². The zero-order valence-corrected chi connectivity index (χ0v) is 25.7. The lowest BCUT2D eigenvalue weighted by Gasteiger charge is -2.63. The Bertz CT molecular complexity index is 1090. The highest BCUT2D eigenvalue weighted by Gasteiger charge is 2.68. The molecule has 4 bridgehead atoms. The molecule has 0 aromatic heterocycles. The average Bonchev–Trinajstić information content (AvgIpc) is 3.00. The average molecular weight is 565 g/mol. The van der Waals surface area contributed by atoms with Crippen LogP contribution in [0.4, 0.5) is 0 Å². The maximum Gasteiger partial charge on any atom is 0.312 e. The van der Waals surface area contributed by atoms with Crippen LogP contribution in [0.15, 0.2) is 0 Å². The van der Waals surface area contributed by atoms with E-state index in [1.807, 2.05) is 27.7 Å². The van der Waals surface area contributed by atoms with Crippen LogP contribution in [-0.4, -0.2) is 57.5 Å². The Hall–Kier alpha value is -2.16. The van der Waals surface area contributed by atoms with Crippen molar-refractivity contribution in [3.63, 3.8) is 0 Å². The molecule has 1 heterocycles. The predicted octanol–water partition coefficient (Wildman–Crippen LogP) is 4.80. The van der Waals surface area contributed by atoms with Crippen LogP contribution in [0.25, 0.3) is 0 Å². The molecule has 1 saturated heterocycles. The number of aliphatic hydroxyl groups is 1. The van der Waals surface area contributed by atoms with Gasteiger partial charge in [-0.15, -0.1) is 0 Å². The molecule has 0 aromatic carbocycles. The molecule has 0 amide bonds. The maximum absolute atomic E-state index is 13.9. The van der Waals surface area contributed by atoms with E-state index in [-0.39, 0.29) is 24.7 Å². The second kappa shape index (κ2) is 9.43. The lowest BCUT2D eigenvalue weighted by atomic mass is 9.46. The predicted molar refractivity (Wildman–Crippen MR) is 145 cm³/mol. The minimum atomic E-state index is -1.09. The van der Waals surface area contributed by atoms with Crippen LogP contribution < -0.4 is 0 Å². The quantitative estimate of drug-likeness (QED) is 0.327. The molecule has 4 saturated carbocycles. The van der Waals surface area contributed by atoms with Crippen molar-refractivity contribution in [1.29, 1.82) is 0 Å². The number of hydrogen-bond acceptors (Lipinski definition) is 9. The van der Waals surface area contributed by atoms with Gasteiger partial charge in [-0.05, 0) is 99.8 Å². The molecule has 1 N–H and O–H groups in total. The summed E-state index contributed by atoms with van der Waals surface area (Å²) in [5.41, 5.74) is -6.60. The summed E-state index contributed by atoms with van der Waals surface area (Å²) in [4.78, 5) is 52.5. The molecule has 40 heavy (non-hydrogen) atoms. The van der Waals surface area contributed by atoms with E-state index in [9.17, 15) is 24.3 Å². The van der Waals surface area contributed by atoms with Gasteiger partial charge in [-0.1, -0.05) is 6.92 Å². The second-order valence-electron chi connectivity index (χ2n) is 15.7. The van der Waals surface area contributed by atoms with E-state index >= 15 is 0 Å². The summed E-state index contributed by atoms with van der Waals surface area (Å²) in [7, 11) is 0. The van der Waals surface area contributed by atoms with Gasteiger partial charge in [-0.25, -0.2) is 0 Å². The van der Waals surface area contributed by atoms with Crippen molar-refractivity contribution in [2.75, 3.05) is 0 Å². The molecular weight excluding hydrogens is 516 g/mol. The maximum atomic E-state index is 13.9. The first kappa shape index (κ1) is 30.8. The topological polar surface area (TPSA) is 125 Å². The van der Waals surface area contributed by atoms with E-state index in [4.69, 9.17) is 18.9 Å². The number of esters is 4. The molecular formula is C31H48O9. The summed E-state index contributed by atoms with van der Waals surface area (Å²) in [6, 6.07) is 0. The van der Waals surface area contributed by atoms with Crippen molar-refractivity contribution in [3.05, 3.63) is 0 Å². The van der Waals surface area contributed by atoms with E-state index in [0.29, 0.717) is 44.9 Å². The normalized spacial score (nSPS) is 36.0. The molecule has 0 spiro atoms. The van der Waals surface area contributed by atoms with Crippen LogP contribution in [0.1, 0.15) is 120 Å². The van der Waals surface area contributed by atoms with Crippen LogP contribution >= 0.6 is 0 Å². The zero-order valence-electron chi connectivity index (χ0n) is 25.7. The number of hydrogen-bond donors (Lipinski definition) is 1. The lowest BCUT2D eigenvalue weighted by molar-refractivity contribution is -0.254. The molecule has 0 aromatic rings. The molecule has 5 fully saturated rings. The van der Waals surface area contributed by atoms with E-state index in [1.165, 1.54) is 0 Å². The molecule has 9 nitrogen and oxygen atoms in total. The van der Waals surface area contributed by atoms with E-state index in [2.05, 4.69) is 0 Å². The van der Waals surface area contributed by atoms with E-state index in [1.54, 1.807) is 34.6 Å². The summed E-state index contributed by atoms with van der Waals surface area (Å²) in [6.45, 7) is 16.0. The Morgan fingerprint density at radius 1 is 0.975 bits per heavy atom. The summed E-state index contributed by atoms with van der Waals surface area (Å²) in [6.07, 6.45) is 2.62. The lowest BCUT2D eigenvalue weighted by Crippen LogP contribution is -2.67. The Labute approximate surface area is 238 Å². The molecule has 4 aliphatic carbocycles. The number of rotatable bonds is 8. The van der Waals surface area contributed by atoms with Crippen LogP contribution in [0.3, 0.4) is 0 Å². The molecule has 0 radical (unpaired) electrons. The van der Waals surface area contributed by atoms with E-state index in [0.717, 1.165) is 0 Å². The Morgan fingerprint density at radius 3 is 2.15 bits per heavy atom. The van der Waals surface area contributed by atoms with Crippen LogP contribution in [0, 0.1) is 22.2 Å². The molecule has 9 heteroatoms. The van der Waals surface area contributed by atoms with Crippen molar-refractivity contribution >= 4 is 23.9 Å². The Balaban J connectivity index is 1.51. The van der Waals surface area contributed by atoms with Crippen molar-refractivity contribution in [2.45, 2.75) is 149 Å². The van der Waals surface area contributed by atoms with Crippen LogP contribution in [0.2, 0.25) is 0 Å². The first-order valence-corrected chi connectivity index (χ1v) is 14.7. The highest BCUT2D eigenvalue weighted by Crippen LogP contribution is 2.65. The number of carbonyl (C=O) groups is 4. The zero-order chi connectivity index (χ0) is 30.2. The van der Waals surface area contributed by atoms with Crippen molar-refractivity contribution < 1.29 is 43.2 Å². The third-order valence-corrected chi connectivity index (χ3v) is 9.54. The summed E-state index contributed by atoms with van der Waals surface area (Å²) >= 11 is 0. The molecule has 6 atom stereocenters. The molecule has 1 aliphatic heterocycles. The monoisotopic (exact) mass is 564 g/mol. The van der Waals surface area contributed by atoms with E-state index < -0.39 is 62.7 Å².